The number of anilines is 1. The second-order valence-corrected chi connectivity index (χ2v) is 8.73. The van der Waals surface area contributed by atoms with Gasteiger partial charge in [-0.3, -0.25) is 0 Å². The second-order valence-electron chi connectivity index (χ2n) is 6.58. The highest BCUT2D eigenvalue weighted by Gasteiger charge is 2.59. The summed E-state index contributed by atoms with van der Waals surface area (Å²) in [7, 11) is 0. The number of thioether (sulfide) groups is 1. The fraction of sp³-hybridized carbons (Fsp3) is 0.300. The van der Waals surface area contributed by atoms with E-state index >= 15 is 0 Å². The molecular weight excluding hydrogens is 555 g/mol. The van der Waals surface area contributed by atoms with Gasteiger partial charge in [0.1, 0.15) is 11.6 Å². The summed E-state index contributed by atoms with van der Waals surface area (Å²) in [6.07, 6.45) is -16.3. The van der Waals surface area contributed by atoms with Crippen molar-refractivity contribution in [1.82, 2.24) is 0 Å². The average molecular weight is 569 g/mol. The molecule has 1 atom stereocenters. The van der Waals surface area contributed by atoms with Crippen LogP contribution in [-0.4, -0.2) is 35.3 Å². The number of ether oxygens (including phenoxy) is 1. The average Bonchev–Trinajstić information content (AvgIpc) is 2.72. The van der Waals surface area contributed by atoms with Crippen LogP contribution >= 0.6 is 35.0 Å². The smallest absolute Gasteiger partial charge is 0.427 e. The van der Waals surface area contributed by atoms with E-state index in [4.69, 9.17) is 23.2 Å². The Hall–Kier alpha value is -2.25. The Balaban J connectivity index is 2.23. The van der Waals surface area contributed by atoms with E-state index in [1.807, 2.05) is 0 Å². The standard InChI is InChI=1S/C20H14Cl2F8N2O2S/c1-2-35-15(8-10-13(23)4-3-5-14(10)24)32-18(33)31-9-6-11(21)16(12(22)7-9)34-20(29,30)17(25)19(26,27)28/h3-7,17H,2,8H2,1H3,(H,31,33). The molecule has 0 aromatic heterocycles. The first-order valence-corrected chi connectivity index (χ1v) is 11.1. The second kappa shape index (κ2) is 11.7. The molecule has 35 heavy (non-hydrogen) atoms. The van der Waals surface area contributed by atoms with Gasteiger partial charge in [-0.25, -0.2) is 18.0 Å². The van der Waals surface area contributed by atoms with Gasteiger partial charge in [-0.1, -0.05) is 36.2 Å². The number of aliphatic imine (C=N–C) groups is 1. The van der Waals surface area contributed by atoms with Crippen LogP contribution in [0.2, 0.25) is 10.0 Å². The van der Waals surface area contributed by atoms with E-state index in [-0.39, 0.29) is 22.7 Å². The number of nitrogens with one attached hydrogen (secondary N) is 1. The van der Waals surface area contributed by atoms with Crippen molar-refractivity contribution in [2.24, 2.45) is 4.99 Å². The number of carbonyl (C=O) groups excluding carboxylic acids is 1. The number of alkyl halides is 6. The zero-order chi connectivity index (χ0) is 26.6. The van der Waals surface area contributed by atoms with Crippen molar-refractivity contribution in [3.63, 3.8) is 0 Å². The Morgan fingerprint density at radius 3 is 2.14 bits per heavy atom. The molecule has 0 aliphatic carbocycles. The molecule has 0 fully saturated rings. The van der Waals surface area contributed by atoms with E-state index < -0.39 is 51.9 Å². The maximum atomic E-state index is 13.9. The van der Waals surface area contributed by atoms with E-state index in [2.05, 4.69) is 15.0 Å². The van der Waals surface area contributed by atoms with Crippen LogP contribution in [0.4, 0.5) is 45.6 Å². The van der Waals surface area contributed by atoms with Gasteiger partial charge in [0.05, 0.1) is 15.1 Å². The number of halogens is 10. The Morgan fingerprint density at radius 2 is 1.66 bits per heavy atom. The summed E-state index contributed by atoms with van der Waals surface area (Å²) in [5.41, 5.74) is -0.562. The molecule has 0 aliphatic rings. The highest BCUT2D eigenvalue weighted by molar-refractivity contribution is 8.13. The normalized spacial score (nSPS) is 13.5. The van der Waals surface area contributed by atoms with Crippen LogP contribution in [0.25, 0.3) is 0 Å². The van der Waals surface area contributed by atoms with Crippen LogP contribution in [-0.2, 0) is 6.42 Å². The van der Waals surface area contributed by atoms with Crippen molar-refractivity contribution in [1.29, 1.82) is 0 Å². The summed E-state index contributed by atoms with van der Waals surface area (Å²) in [6.45, 7) is 1.70. The first-order chi connectivity index (χ1) is 16.2. The molecule has 4 nitrogen and oxygen atoms in total. The lowest BCUT2D eigenvalue weighted by Crippen LogP contribution is -2.45. The Bertz CT molecular complexity index is 1070. The van der Waals surface area contributed by atoms with Crippen molar-refractivity contribution in [2.75, 3.05) is 11.1 Å². The molecule has 0 saturated carbocycles. The van der Waals surface area contributed by atoms with Crippen molar-refractivity contribution < 1.29 is 44.7 Å². The number of urea groups is 1. The highest BCUT2D eigenvalue weighted by Crippen LogP contribution is 2.42. The minimum absolute atomic E-state index is 0.0342. The minimum Gasteiger partial charge on any atom is -0.427 e. The van der Waals surface area contributed by atoms with Crippen LogP contribution in [0.15, 0.2) is 35.3 Å². The fourth-order valence-corrected chi connectivity index (χ4v) is 3.81. The summed E-state index contributed by atoms with van der Waals surface area (Å²) in [5.74, 6) is -2.46. The van der Waals surface area contributed by atoms with E-state index in [1.54, 1.807) is 6.92 Å². The number of hydrogen-bond donors (Lipinski definition) is 1. The van der Waals surface area contributed by atoms with Gasteiger partial charge in [0, 0.05) is 17.7 Å². The largest absolute Gasteiger partial charge is 0.439 e. The number of amides is 2. The SMILES string of the molecule is CCSC(Cc1c(F)cccc1F)=NC(=O)Nc1cc(Cl)c(OC(F)(F)C(F)C(F)(F)F)c(Cl)c1. The van der Waals surface area contributed by atoms with E-state index in [9.17, 15) is 39.9 Å². The number of carbonyl (C=O) groups is 1. The third kappa shape index (κ3) is 7.87. The van der Waals surface area contributed by atoms with E-state index in [1.165, 1.54) is 0 Å². The molecule has 0 heterocycles. The van der Waals surface area contributed by atoms with Gasteiger partial charge < -0.3 is 10.1 Å². The van der Waals surface area contributed by atoms with Gasteiger partial charge in [-0.15, -0.1) is 11.8 Å². The van der Waals surface area contributed by atoms with Gasteiger partial charge in [-0.2, -0.15) is 26.9 Å². The van der Waals surface area contributed by atoms with Gasteiger partial charge in [0.25, 0.3) is 6.17 Å². The lowest BCUT2D eigenvalue weighted by Gasteiger charge is -2.24. The molecule has 1 unspecified atom stereocenters. The van der Waals surface area contributed by atoms with Crippen molar-refractivity contribution >= 4 is 51.7 Å². The Labute approximate surface area is 207 Å². The lowest BCUT2D eigenvalue weighted by molar-refractivity contribution is -0.304. The molecule has 0 spiro atoms. The van der Waals surface area contributed by atoms with Crippen LogP contribution in [0.1, 0.15) is 12.5 Å². The van der Waals surface area contributed by atoms with Crippen LogP contribution < -0.4 is 10.1 Å². The maximum absolute atomic E-state index is 13.9. The molecule has 2 aromatic carbocycles. The van der Waals surface area contributed by atoms with Gasteiger partial charge >= 0.3 is 18.3 Å². The lowest BCUT2D eigenvalue weighted by atomic mass is 10.1. The minimum atomic E-state index is -5.92. The van der Waals surface area contributed by atoms with Gasteiger partial charge in [0.15, 0.2) is 5.75 Å². The molecule has 2 aromatic rings. The number of hydrogen-bond acceptors (Lipinski definition) is 3. The third-order valence-corrected chi connectivity index (χ3v) is 5.42. The van der Waals surface area contributed by atoms with Gasteiger partial charge in [-0.05, 0) is 30.0 Å². The Morgan fingerprint density at radius 1 is 1.11 bits per heavy atom. The molecule has 1 N–H and O–H groups in total. The number of nitrogens with zero attached hydrogens (tertiary/aromatic N) is 1. The monoisotopic (exact) mass is 568 g/mol. The van der Waals surface area contributed by atoms with E-state index in [0.29, 0.717) is 5.75 Å². The zero-order valence-corrected chi connectivity index (χ0v) is 19.7. The molecular formula is C20H14Cl2F8N2O2S. The maximum Gasteiger partial charge on any atom is 0.439 e. The number of benzene rings is 2. The predicted molar refractivity (Wildman–Crippen MR) is 118 cm³/mol. The first-order valence-electron chi connectivity index (χ1n) is 9.36. The predicted octanol–water partition coefficient (Wildman–Crippen LogP) is 8.07. The Kier molecular flexibility index (Phi) is 9.65. The molecule has 2 rings (SSSR count). The molecule has 2 amide bonds. The summed E-state index contributed by atoms with van der Waals surface area (Å²) in [4.78, 5) is 16.0. The van der Waals surface area contributed by atoms with Gasteiger partial charge in [0.2, 0.25) is 0 Å². The molecule has 0 saturated heterocycles. The molecule has 0 bridgehead atoms. The molecule has 0 radical (unpaired) electrons. The quantitative estimate of drug-likeness (QED) is 0.209. The molecule has 192 valence electrons. The first kappa shape index (κ1) is 29.0. The zero-order valence-electron chi connectivity index (χ0n) is 17.3. The van der Waals surface area contributed by atoms with Crippen LogP contribution in [0.5, 0.6) is 5.75 Å². The summed E-state index contributed by atoms with van der Waals surface area (Å²) in [5, 5.41) is 0.654. The van der Waals surface area contributed by atoms with Crippen molar-refractivity contribution in [2.45, 2.75) is 31.8 Å². The highest BCUT2D eigenvalue weighted by atomic mass is 35.5. The summed E-state index contributed by atoms with van der Waals surface area (Å²) < 4.78 is 109. The molecule has 0 aliphatic heterocycles. The summed E-state index contributed by atoms with van der Waals surface area (Å²) >= 11 is 12.5. The van der Waals surface area contributed by atoms with Crippen molar-refractivity contribution in [3.8, 4) is 5.75 Å². The summed E-state index contributed by atoms with van der Waals surface area (Å²) in [6, 6.07) is 3.74. The van der Waals surface area contributed by atoms with Crippen LogP contribution in [0.3, 0.4) is 0 Å². The topological polar surface area (TPSA) is 50.7 Å². The van der Waals surface area contributed by atoms with E-state index in [0.717, 1.165) is 42.1 Å². The fourth-order valence-electron chi connectivity index (χ4n) is 2.51. The third-order valence-electron chi connectivity index (χ3n) is 4.00. The van der Waals surface area contributed by atoms with Crippen LogP contribution in [0, 0.1) is 11.6 Å². The van der Waals surface area contributed by atoms with Crippen molar-refractivity contribution in [3.05, 3.63) is 57.6 Å². The molecule has 15 heteroatoms. The number of rotatable bonds is 7.